The first-order valence-electron chi connectivity index (χ1n) is 6.36. The highest BCUT2D eigenvalue weighted by molar-refractivity contribution is 4.93. The second-order valence-electron chi connectivity index (χ2n) is 6.39. The van der Waals surface area contributed by atoms with E-state index in [0.29, 0.717) is 0 Å². The molecule has 0 aromatic heterocycles. The Morgan fingerprint density at radius 3 is 2.27 bits per heavy atom. The Morgan fingerprint density at radius 2 is 1.73 bits per heavy atom. The molecule has 1 N–H and O–H groups in total. The lowest BCUT2D eigenvalue weighted by atomic mass is 9.76. The van der Waals surface area contributed by atoms with Crippen molar-refractivity contribution in [2.75, 3.05) is 6.54 Å². The van der Waals surface area contributed by atoms with Gasteiger partial charge in [0, 0.05) is 6.54 Å². The second kappa shape index (κ2) is 3.74. The van der Waals surface area contributed by atoms with Crippen LogP contribution >= 0.6 is 0 Å². The van der Waals surface area contributed by atoms with Crippen LogP contribution in [0.4, 0.5) is 0 Å². The van der Waals surface area contributed by atoms with E-state index in [1.807, 2.05) is 0 Å². The third-order valence-electron chi connectivity index (χ3n) is 3.81. The predicted octanol–water partition coefficient (Wildman–Crippen LogP) is 2.93. The number of hydrogen-bond donors (Lipinski definition) is 1. The normalized spacial score (nSPS) is 45.6. The molecule has 0 aromatic rings. The van der Waals surface area contributed by atoms with Crippen molar-refractivity contribution < 1.29 is 4.74 Å². The van der Waals surface area contributed by atoms with Gasteiger partial charge in [0.05, 0.1) is 5.60 Å². The van der Waals surface area contributed by atoms with E-state index in [4.69, 9.17) is 4.74 Å². The van der Waals surface area contributed by atoms with E-state index in [0.717, 1.165) is 24.8 Å². The Labute approximate surface area is 93.8 Å². The minimum absolute atomic E-state index is 0.0150. The summed E-state index contributed by atoms with van der Waals surface area (Å²) in [6.45, 7) is 10.2. The summed E-state index contributed by atoms with van der Waals surface area (Å²) in [7, 11) is 0. The summed E-state index contributed by atoms with van der Waals surface area (Å²) in [5.74, 6) is 1.57. The maximum Gasteiger partial charge on any atom is 0.120 e. The van der Waals surface area contributed by atoms with E-state index in [1.165, 1.54) is 19.3 Å². The van der Waals surface area contributed by atoms with Crippen LogP contribution in [-0.2, 0) is 4.74 Å². The Kier molecular flexibility index (Phi) is 2.85. The molecule has 1 saturated carbocycles. The quantitative estimate of drug-likeness (QED) is 0.665. The summed E-state index contributed by atoms with van der Waals surface area (Å²) in [5, 5.41) is 3.63. The molecule has 2 atom stereocenters. The summed E-state index contributed by atoms with van der Waals surface area (Å²) in [6, 6.07) is 0. The summed E-state index contributed by atoms with van der Waals surface area (Å²) in [4.78, 5) is 0. The Balaban J connectivity index is 2.11. The SMILES string of the molecule is CC1CC(C)CC2(C1)NCCC(C)(C)O2. The largest absolute Gasteiger partial charge is 0.355 e. The molecular formula is C13H25NO. The molecule has 0 bridgehead atoms. The molecule has 2 nitrogen and oxygen atoms in total. The molecule has 0 aromatic carbocycles. The first-order valence-corrected chi connectivity index (χ1v) is 6.36. The lowest BCUT2D eigenvalue weighted by Gasteiger charge is -2.51. The van der Waals surface area contributed by atoms with Crippen molar-refractivity contribution in [2.24, 2.45) is 11.8 Å². The highest BCUT2D eigenvalue weighted by Crippen LogP contribution is 2.41. The molecule has 2 rings (SSSR count). The minimum atomic E-state index is -0.0150. The molecule has 0 radical (unpaired) electrons. The van der Waals surface area contributed by atoms with Gasteiger partial charge < -0.3 is 4.74 Å². The summed E-state index contributed by atoms with van der Waals surface area (Å²) >= 11 is 0. The van der Waals surface area contributed by atoms with E-state index in [2.05, 4.69) is 33.0 Å². The lowest BCUT2D eigenvalue weighted by Crippen LogP contribution is -2.60. The van der Waals surface area contributed by atoms with Crippen LogP contribution in [0.25, 0.3) is 0 Å². The third kappa shape index (κ3) is 2.54. The average molecular weight is 211 g/mol. The zero-order chi connectivity index (χ0) is 11.1. The highest BCUT2D eigenvalue weighted by Gasteiger charge is 2.44. The van der Waals surface area contributed by atoms with Crippen molar-refractivity contribution in [3.63, 3.8) is 0 Å². The monoisotopic (exact) mass is 211 g/mol. The van der Waals surface area contributed by atoms with E-state index >= 15 is 0 Å². The van der Waals surface area contributed by atoms with E-state index in [1.54, 1.807) is 0 Å². The number of nitrogens with one attached hydrogen (secondary N) is 1. The first-order chi connectivity index (χ1) is 6.91. The van der Waals surface area contributed by atoms with Crippen molar-refractivity contribution in [1.29, 1.82) is 0 Å². The fourth-order valence-corrected chi connectivity index (χ4v) is 3.50. The molecule has 2 fully saturated rings. The molecule has 15 heavy (non-hydrogen) atoms. The lowest BCUT2D eigenvalue weighted by molar-refractivity contribution is -0.211. The van der Waals surface area contributed by atoms with Gasteiger partial charge in [-0.2, -0.15) is 0 Å². The van der Waals surface area contributed by atoms with Gasteiger partial charge in [-0.05, 0) is 51.4 Å². The number of rotatable bonds is 0. The summed E-state index contributed by atoms with van der Waals surface area (Å²) in [6.07, 6.45) is 4.84. The zero-order valence-electron chi connectivity index (χ0n) is 10.6. The van der Waals surface area contributed by atoms with Gasteiger partial charge in [-0.15, -0.1) is 0 Å². The van der Waals surface area contributed by atoms with Crippen molar-refractivity contribution in [3.8, 4) is 0 Å². The molecule has 1 aliphatic carbocycles. The molecule has 88 valence electrons. The van der Waals surface area contributed by atoms with Gasteiger partial charge >= 0.3 is 0 Å². The Hall–Kier alpha value is -0.0800. The maximum atomic E-state index is 6.33. The molecular weight excluding hydrogens is 186 g/mol. The summed E-state index contributed by atoms with van der Waals surface area (Å²) < 4.78 is 6.33. The van der Waals surface area contributed by atoms with Crippen LogP contribution in [0.3, 0.4) is 0 Å². The topological polar surface area (TPSA) is 21.3 Å². The van der Waals surface area contributed by atoms with Crippen LogP contribution in [0.15, 0.2) is 0 Å². The van der Waals surface area contributed by atoms with Crippen LogP contribution in [0, 0.1) is 11.8 Å². The third-order valence-corrected chi connectivity index (χ3v) is 3.81. The smallest absolute Gasteiger partial charge is 0.120 e. The zero-order valence-corrected chi connectivity index (χ0v) is 10.6. The molecule has 1 aliphatic heterocycles. The van der Waals surface area contributed by atoms with Crippen molar-refractivity contribution >= 4 is 0 Å². The second-order valence-corrected chi connectivity index (χ2v) is 6.39. The fourth-order valence-electron chi connectivity index (χ4n) is 3.50. The van der Waals surface area contributed by atoms with Gasteiger partial charge in [0.2, 0.25) is 0 Å². The van der Waals surface area contributed by atoms with Gasteiger partial charge in [-0.25, -0.2) is 0 Å². The number of hydrogen-bond acceptors (Lipinski definition) is 2. The molecule has 1 spiro atoms. The average Bonchev–Trinajstić information content (AvgIpc) is 1.97. The van der Waals surface area contributed by atoms with Gasteiger partial charge in [-0.3, -0.25) is 5.32 Å². The molecule has 2 aliphatic rings. The molecule has 1 heterocycles. The van der Waals surface area contributed by atoms with Crippen LogP contribution in [0.1, 0.15) is 53.4 Å². The minimum Gasteiger partial charge on any atom is -0.355 e. The Bertz CT molecular complexity index is 227. The molecule has 2 unspecified atom stereocenters. The van der Waals surface area contributed by atoms with Gasteiger partial charge in [0.1, 0.15) is 5.72 Å². The van der Waals surface area contributed by atoms with E-state index in [-0.39, 0.29) is 11.3 Å². The van der Waals surface area contributed by atoms with E-state index < -0.39 is 0 Å². The van der Waals surface area contributed by atoms with Crippen molar-refractivity contribution in [1.82, 2.24) is 5.32 Å². The Morgan fingerprint density at radius 1 is 1.13 bits per heavy atom. The van der Waals surface area contributed by atoms with Gasteiger partial charge in [0.25, 0.3) is 0 Å². The maximum absolute atomic E-state index is 6.33. The van der Waals surface area contributed by atoms with Gasteiger partial charge in [-0.1, -0.05) is 13.8 Å². The van der Waals surface area contributed by atoms with Crippen LogP contribution in [-0.4, -0.2) is 17.9 Å². The van der Waals surface area contributed by atoms with Crippen LogP contribution < -0.4 is 5.32 Å². The van der Waals surface area contributed by atoms with Crippen molar-refractivity contribution in [2.45, 2.75) is 64.7 Å². The first kappa shape index (κ1) is 11.4. The van der Waals surface area contributed by atoms with Gasteiger partial charge in [0.15, 0.2) is 0 Å². The van der Waals surface area contributed by atoms with E-state index in [9.17, 15) is 0 Å². The molecule has 1 saturated heterocycles. The van der Waals surface area contributed by atoms with Crippen LogP contribution in [0.5, 0.6) is 0 Å². The highest BCUT2D eigenvalue weighted by atomic mass is 16.5. The van der Waals surface area contributed by atoms with Crippen molar-refractivity contribution in [3.05, 3.63) is 0 Å². The fraction of sp³-hybridized carbons (Fsp3) is 1.00. The molecule has 0 amide bonds. The number of ether oxygens (including phenoxy) is 1. The predicted molar refractivity (Wildman–Crippen MR) is 62.7 cm³/mol. The standard InChI is InChI=1S/C13H25NO/c1-10-7-11(2)9-13(8-10)14-6-5-12(3,4)15-13/h10-11,14H,5-9H2,1-4H3. The van der Waals surface area contributed by atoms with Crippen LogP contribution in [0.2, 0.25) is 0 Å². The molecule has 2 heteroatoms. The summed E-state index contributed by atoms with van der Waals surface area (Å²) in [5.41, 5.74) is 0.0425.